The van der Waals surface area contributed by atoms with E-state index in [9.17, 15) is 17.6 Å². The Morgan fingerprint density at radius 2 is 1.90 bits per heavy atom. The van der Waals surface area contributed by atoms with Gasteiger partial charge in [-0.15, -0.1) is 5.10 Å². The zero-order valence-electron chi connectivity index (χ0n) is 24.5. The molecule has 0 saturated heterocycles. The maximum atomic E-state index is 14.9. The molecule has 0 aliphatic rings. The van der Waals surface area contributed by atoms with Gasteiger partial charge in [0.2, 0.25) is 21.7 Å². The molecule has 11 nitrogen and oxygen atoms in total. The quantitative estimate of drug-likeness (QED) is 0.151. The molecule has 0 unspecified atom stereocenters. The average Bonchev–Trinajstić information content (AvgIpc) is 3.33. The number of aromatic nitrogens is 4. The molecule has 0 radical (unpaired) electrons. The van der Waals surface area contributed by atoms with Gasteiger partial charge in [-0.1, -0.05) is 33.5 Å². The second-order valence-electron chi connectivity index (χ2n) is 11.0. The standard InChI is InChI=1S/C27H38FN5O6SSi/c1-18(2)21-15-20(28)16-22(19-8-10-29-23(14-19)37-3)25(21)30-26-31-27(40(35,36)12-9-24(34)38-4)32-33(26)17-39-11-13-41(5,6)7/h8,10,14-16,18H,9,11-13,17H2,1-7H3,(H,30,31,32). The van der Waals surface area contributed by atoms with Crippen LogP contribution in [0.15, 0.2) is 35.6 Å². The highest BCUT2D eigenvalue weighted by atomic mass is 32.2. The summed E-state index contributed by atoms with van der Waals surface area (Å²) < 4.78 is 57.9. The molecule has 0 spiro atoms. The lowest BCUT2D eigenvalue weighted by Gasteiger charge is -2.20. The van der Waals surface area contributed by atoms with Gasteiger partial charge >= 0.3 is 5.97 Å². The summed E-state index contributed by atoms with van der Waals surface area (Å²) in [6, 6.07) is 7.10. The van der Waals surface area contributed by atoms with E-state index in [0.29, 0.717) is 34.9 Å². The van der Waals surface area contributed by atoms with E-state index in [1.807, 2.05) is 13.8 Å². The van der Waals surface area contributed by atoms with E-state index in [0.717, 1.165) is 6.04 Å². The zero-order chi connectivity index (χ0) is 30.4. The Hall–Kier alpha value is -3.36. The van der Waals surface area contributed by atoms with Crippen molar-refractivity contribution < 1.29 is 31.8 Å². The van der Waals surface area contributed by atoms with Crippen LogP contribution in [0.3, 0.4) is 0 Å². The van der Waals surface area contributed by atoms with Crippen molar-refractivity contribution in [1.82, 2.24) is 19.7 Å². The van der Waals surface area contributed by atoms with Crippen LogP contribution in [0.1, 0.15) is 31.7 Å². The van der Waals surface area contributed by atoms with Gasteiger partial charge in [0.1, 0.15) is 12.5 Å². The van der Waals surface area contributed by atoms with Gasteiger partial charge < -0.3 is 19.5 Å². The molecule has 224 valence electrons. The number of benzene rings is 1. The van der Waals surface area contributed by atoms with Gasteiger partial charge in [0.05, 0.1) is 32.1 Å². The fraction of sp³-hybridized carbons (Fsp3) is 0.481. The number of carbonyl (C=O) groups excluding carboxylic acids is 1. The molecule has 14 heteroatoms. The van der Waals surface area contributed by atoms with Crippen LogP contribution in [0.25, 0.3) is 11.1 Å². The molecular weight excluding hydrogens is 569 g/mol. The molecule has 2 aromatic heterocycles. The van der Waals surface area contributed by atoms with Crippen LogP contribution in [0.2, 0.25) is 25.7 Å². The third-order valence-electron chi connectivity index (χ3n) is 6.19. The number of anilines is 2. The van der Waals surface area contributed by atoms with Crippen LogP contribution < -0.4 is 10.1 Å². The van der Waals surface area contributed by atoms with Gasteiger partial charge in [-0.3, -0.25) is 4.79 Å². The Kier molecular flexibility index (Phi) is 10.6. The largest absolute Gasteiger partial charge is 0.481 e. The Labute approximate surface area is 241 Å². The maximum absolute atomic E-state index is 14.9. The summed E-state index contributed by atoms with van der Waals surface area (Å²) in [5.41, 5.74) is 2.28. The van der Waals surface area contributed by atoms with Crippen molar-refractivity contribution in [2.45, 2.75) is 63.8 Å². The molecule has 0 aliphatic carbocycles. The molecule has 3 aromatic rings. The molecule has 0 saturated carbocycles. The van der Waals surface area contributed by atoms with E-state index >= 15 is 0 Å². The Morgan fingerprint density at radius 1 is 1.17 bits per heavy atom. The van der Waals surface area contributed by atoms with Gasteiger partial charge in [0.15, 0.2) is 0 Å². The molecule has 3 rings (SSSR count). The first-order valence-electron chi connectivity index (χ1n) is 13.2. The third kappa shape index (κ3) is 8.81. The van der Waals surface area contributed by atoms with Gasteiger partial charge in [0, 0.05) is 32.5 Å². The van der Waals surface area contributed by atoms with Crippen molar-refractivity contribution in [2.75, 3.05) is 31.9 Å². The second kappa shape index (κ2) is 13.5. The molecule has 0 aliphatic heterocycles. The number of methoxy groups -OCH3 is 2. The highest BCUT2D eigenvalue weighted by Gasteiger charge is 2.26. The first-order chi connectivity index (χ1) is 19.2. The van der Waals surface area contributed by atoms with Crippen LogP contribution in [0.5, 0.6) is 5.88 Å². The minimum Gasteiger partial charge on any atom is -0.481 e. The second-order valence-corrected chi connectivity index (χ2v) is 18.6. The number of ether oxygens (including phenoxy) is 3. The van der Waals surface area contributed by atoms with Crippen LogP contribution in [0.4, 0.5) is 16.0 Å². The minimum atomic E-state index is -4.04. The predicted octanol–water partition coefficient (Wildman–Crippen LogP) is 5.00. The molecule has 1 aromatic carbocycles. The number of sulfone groups is 1. The topological polar surface area (TPSA) is 135 Å². The summed E-state index contributed by atoms with van der Waals surface area (Å²) in [7, 11) is -2.73. The summed E-state index contributed by atoms with van der Waals surface area (Å²) in [5.74, 6) is -1.29. The molecule has 0 fully saturated rings. The van der Waals surface area contributed by atoms with Crippen molar-refractivity contribution in [3.63, 3.8) is 0 Å². The van der Waals surface area contributed by atoms with Gasteiger partial charge in [-0.2, -0.15) is 4.98 Å². The molecule has 0 amide bonds. The number of carbonyl (C=O) groups is 1. The number of hydrogen-bond acceptors (Lipinski definition) is 10. The summed E-state index contributed by atoms with van der Waals surface area (Å²) in [6.45, 7) is 10.9. The molecule has 41 heavy (non-hydrogen) atoms. The van der Waals surface area contributed by atoms with Crippen molar-refractivity contribution in [3.8, 4) is 17.0 Å². The highest BCUT2D eigenvalue weighted by Crippen LogP contribution is 2.38. The van der Waals surface area contributed by atoms with Gasteiger partial charge in [0.25, 0.3) is 5.16 Å². The van der Waals surface area contributed by atoms with Crippen molar-refractivity contribution >= 4 is 35.5 Å². The van der Waals surface area contributed by atoms with E-state index in [2.05, 4.69) is 44.8 Å². The van der Waals surface area contributed by atoms with Crippen LogP contribution in [0, 0.1) is 5.82 Å². The summed E-state index contributed by atoms with van der Waals surface area (Å²) in [4.78, 5) is 20.0. The molecule has 0 bridgehead atoms. The number of nitrogens with one attached hydrogen (secondary N) is 1. The smallest absolute Gasteiger partial charge is 0.306 e. The molecule has 0 atom stereocenters. The first kappa shape index (κ1) is 32.2. The maximum Gasteiger partial charge on any atom is 0.306 e. The monoisotopic (exact) mass is 607 g/mol. The van der Waals surface area contributed by atoms with Gasteiger partial charge in [-0.25, -0.2) is 22.5 Å². The van der Waals surface area contributed by atoms with E-state index in [1.165, 1.54) is 31.0 Å². The van der Waals surface area contributed by atoms with E-state index in [1.54, 1.807) is 18.3 Å². The van der Waals surface area contributed by atoms with Crippen LogP contribution in [-0.4, -0.2) is 68.8 Å². The average molecular weight is 608 g/mol. The lowest BCUT2D eigenvalue weighted by molar-refractivity contribution is -0.140. The fourth-order valence-corrected chi connectivity index (χ4v) is 5.65. The van der Waals surface area contributed by atoms with Crippen LogP contribution in [-0.2, 0) is 30.8 Å². The van der Waals surface area contributed by atoms with Crippen molar-refractivity contribution in [3.05, 3.63) is 41.8 Å². The van der Waals surface area contributed by atoms with E-state index in [4.69, 9.17) is 9.47 Å². The minimum absolute atomic E-state index is 0.0665. The number of halogens is 1. The SMILES string of the molecule is COC(=O)CCS(=O)(=O)c1nc(Nc2c(-c3ccnc(OC)c3)cc(F)cc2C(C)C)n(COCC[Si](C)(C)C)n1. The van der Waals surface area contributed by atoms with Crippen molar-refractivity contribution in [1.29, 1.82) is 0 Å². The van der Waals surface area contributed by atoms with E-state index in [-0.39, 0.29) is 25.0 Å². The van der Waals surface area contributed by atoms with Crippen LogP contribution >= 0.6 is 0 Å². The number of rotatable bonds is 14. The number of pyridine rings is 1. The Morgan fingerprint density at radius 3 is 2.54 bits per heavy atom. The molecule has 1 N–H and O–H groups in total. The number of hydrogen-bond donors (Lipinski definition) is 1. The summed E-state index contributed by atoms with van der Waals surface area (Å²) >= 11 is 0. The first-order valence-corrected chi connectivity index (χ1v) is 18.5. The van der Waals surface area contributed by atoms with E-state index < -0.39 is 40.6 Å². The summed E-state index contributed by atoms with van der Waals surface area (Å²) in [6.07, 6.45) is 1.21. The molecule has 2 heterocycles. The normalized spacial score (nSPS) is 12.0. The number of nitrogens with zero attached hydrogens (tertiary/aromatic N) is 4. The highest BCUT2D eigenvalue weighted by molar-refractivity contribution is 7.91. The lowest BCUT2D eigenvalue weighted by atomic mass is 9.94. The number of esters is 1. The van der Waals surface area contributed by atoms with Crippen molar-refractivity contribution in [2.24, 2.45) is 0 Å². The fourth-order valence-electron chi connectivity index (χ4n) is 3.83. The zero-order valence-corrected chi connectivity index (χ0v) is 26.3. The van der Waals surface area contributed by atoms with Gasteiger partial charge in [-0.05, 0) is 41.3 Å². The third-order valence-corrected chi connectivity index (χ3v) is 9.37. The summed E-state index contributed by atoms with van der Waals surface area (Å²) in [5, 5.41) is 6.98. The predicted molar refractivity (Wildman–Crippen MR) is 156 cm³/mol. The lowest BCUT2D eigenvalue weighted by Crippen LogP contribution is -2.22. The molecular formula is C27H38FN5O6SSi. The Bertz CT molecular complexity index is 1470. The Balaban J connectivity index is 2.09.